The number of nitrogens with zero attached hydrogens (tertiary/aromatic N) is 1. The first-order chi connectivity index (χ1) is 13.8. The number of ether oxygens (including phenoxy) is 1. The van der Waals surface area contributed by atoms with Crippen molar-refractivity contribution in [2.24, 2.45) is 5.41 Å². The van der Waals surface area contributed by atoms with Gasteiger partial charge in [-0.1, -0.05) is 37.7 Å². The van der Waals surface area contributed by atoms with Crippen LogP contribution in [0.5, 0.6) is 5.75 Å². The number of benzene rings is 1. The van der Waals surface area contributed by atoms with E-state index in [1.54, 1.807) is 0 Å². The summed E-state index contributed by atoms with van der Waals surface area (Å²) in [5.74, 6) is 0.955. The van der Waals surface area contributed by atoms with Crippen LogP contribution in [0.1, 0.15) is 50.7 Å². The van der Waals surface area contributed by atoms with Crippen LogP contribution in [0.2, 0.25) is 0 Å². The Balaban J connectivity index is 1.91. The molecule has 0 radical (unpaired) electrons. The molecule has 1 aromatic heterocycles. The van der Waals surface area contributed by atoms with Crippen LogP contribution in [-0.4, -0.2) is 28.6 Å². The van der Waals surface area contributed by atoms with Crippen LogP contribution in [0.25, 0.3) is 0 Å². The molecule has 2 aliphatic rings. The molecule has 2 N–H and O–H groups in total. The van der Waals surface area contributed by atoms with Gasteiger partial charge in [0.05, 0.1) is 12.2 Å². The molecule has 1 aromatic carbocycles. The third-order valence-electron chi connectivity index (χ3n) is 5.42. The number of hydrogen-bond acceptors (Lipinski definition) is 6. The third-order valence-corrected chi connectivity index (χ3v) is 6.00. The fourth-order valence-electron chi connectivity index (χ4n) is 4.25. The van der Waals surface area contributed by atoms with Crippen LogP contribution >= 0.6 is 11.8 Å². The summed E-state index contributed by atoms with van der Waals surface area (Å²) in [5.41, 5.74) is 2.61. The van der Waals surface area contributed by atoms with E-state index in [0.29, 0.717) is 35.1 Å². The Morgan fingerprint density at radius 2 is 1.93 bits per heavy atom. The van der Waals surface area contributed by atoms with Gasteiger partial charge in [0.15, 0.2) is 10.9 Å². The molecule has 0 bridgehead atoms. The zero-order valence-corrected chi connectivity index (χ0v) is 17.9. The van der Waals surface area contributed by atoms with Crippen molar-refractivity contribution in [1.82, 2.24) is 9.97 Å². The highest BCUT2D eigenvalue weighted by Gasteiger charge is 2.42. The molecule has 0 saturated heterocycles. The predicted octanol–water partition coefficient (Wildman–Crippen LogP) is 4.09. The normalized spacial score (nSPS) is 20.0. The van der Waals surface area contributed by atoms with Crippen LogP contribution in [0.4, 0.5) is 5.82 Å². The lowest BCUT2D eigenvalue weighted by Gasteiger charge is -2.38. The van der Waals surface area contributed by atoms with E-state index in [0.717, 1.165) is 23.4 Å². The Morgan fingerprint density at radius 1 is 1.21 bits per heavy atom. The fraction of sp³-hybridized carbons (Fsp3) is 0.409. The number of thioether (sulfide) groups is 1. The van der Waals surface area contributed by atoms with Gasteiger partial charge in [-0.3, -0.25) is 9.59 Å². The summed E-state index contributed by atoms with van der Waals surface area (Å²) in [6, 6.07) is 7.64. The highest BCUT2D eigenvalue weighted by atomic mass is 32.2. The second-order valence-electron chi connectivity index (χ2n) is 8.23. The first-order valence-electron chi connectivity index (χ1n) is 9.77. The van der Waals surface area contributed by atoms with Gasteiger partial charge in [-0.2, -0.15) is 0 Å². The van der Waals surface area contributed by atoms with Crippen LogP contribution in [0, 0.1) is 5.41 Å². The van der Waals surface area contributed by atoms with Crippen LogP contribution in [-0.2, 0) is 4.79 Å². The molecular weight excluding hydrogens is 386 g/mol. The Bertz CT molecular complexity index is 1050. The van der Waals surface area contributed by atoms with Crippen molar-refractivity contribution in [3.63, 3.8) is 0 Å². The SMILES string of the molecule is CCOc1ccc([C@@H]2C3=C(CC(C)(C)CC3=O)Nc3nc(SC)[nH]c(=O)c32)cc1. The molecule has 0 spiro atoms. The number of nitrogens with one attached hydrogen (secondary N) is 2. The number of carbonyl (C=O) groups excluding carboxylic acids is 1. The quantitative estimate of drug-likeness (QED) is 0.582. The monoisotopic (exact) mass is 411 g/mol. The summed E-state index contributed by atoms with van der Waals surface area (Å²) < 4.78 is 5.55. The van der Waals surface area contributed by atoms with Gasteiger partial charge in [-0.05, 0) is 42.7 Å². The largest absolute Gasteiger partial charge is 0.494 e. The average molecular weight is 412 g/mol. The summed E-state index contributed by atoms with van der Waals surface area (Å²) in [6.45, 7) is 6.71. The number of allylic oxidation sites excluding steroid dienone is 2. The molecule has 6 nitrogen and oxygen atoms in total. The average Bonchev–Trinajstić information content (AvgIpc) is 2.66. The molecule has 2 heterocycles. The molecule has 0 fully saturated rings. The first-order valence-corrected chi connectivity index (χ1v) is 11.0. The Labute approximate surface area is 174 Å². The molecule has 2 aromatic rings. The number of carbonyl (C=O) groups is 1. The molecule has 1 aliphatic heterocycles. The summed E-state index contributed by atoms with van der Waals surface area (Å²) in [4.78, 5) is 33.6. The zero-order valence-electron chi connectivity index (χ0n) is 17.1. The van der Waals surface area contributed by atoms with Gasteiger partial charge in [0.1, 0.15) is 11.6 Å². The van der Waals surface area contributed by atoms with E-state index >= 15 is 0 Å². The maximum atomic E-state index is 13.2. The molecule has 1 aliphatic carbocycles. The van der Waals surface area contributed by atoms with Gasteiger partial charge in [0.25, 0.3) is 5.56 Å². The maximum absolute atomic E-state index is 13.2. The van der Waals surface area contributed by atoms with E-state index in [-0.39, 0.29) is 16.8 Å². The molecule has 7 heteroatoms. The van der Waals surface area contributed by atoms with Crippen LogP contribution < -0.4 is 15.6 Å². The second kappa shape index (κ2) is 7.37. The summed E-state index contributed by atoms with van der Waals surface area (Å²) in [7, 11) is 0. The molecule has 4 rings (SSSR count). The number of ketones is 1. The van der Waals surface area contributed by atoms with Gasteiger partial charge < -0.3 is 15.0 Å². The van der Waals surface area contributed by atoms with Crippen LogP contribution in [0.15, 0.2) is 45.5 Å². The van der Waals surface area contributed by atoms with Crippen molar-refractivity contribution in [3.05, 3.63) is 57.0 Å². The van der Waals surface area contributed by atoms with Gasteiger partial charge in [0, 0.05) is 23.6 Å². The highest BCUT2D eigenvalue weighted by Crippen LogP contribution is 2.47. The Kier molecular flexibility index (Phi) is 5.02. The van der Waals surface area contributed by atoms with Crippen molar-refractivity contribution < 1.29 is 9.53 Å². The minimum absolute atomic E-state index is 0.0848. The van der Waals surface area contributed by atoms with Gasteiger partial charge in [0.2, 0.25) is 0 Å². The topological polar surface area (TPSA) is 84.1 Å². The molecule has 0 saturated carbocycles. The van der Waals surface area contributed by atoms with Crippen molar-refractivity contribution in [2.75, 3.05) is 18.2 Å². The second-order valence-corrected chi connectivity index (χ2v) is 9.03. The van der Waals surface area contributed by atoms with E-state index in [4.69, 9.17) is 4.74 Å². The standard InChI is InChI=1S/C22H25N3O3S/c1-5-28-13-8-6-12(7-9-13)16-17-14(10-22(2,3)11-15(17)26)23-19-18(16)20(27)25-21(24-19)29-4/h6-9,16H,5,10-11H2,1-4H3,(H2,23,24,25,27)/t16-/m1/s1. The van der Waals surface area contributed by atoms with Crippen molar-refractivity contribution in [2.45, 2.75) is 44.7 Å². The van der Waals surface area contributed by atoms with E-state index in [1.807, 2.05) is 37.4 Å². The van der Waals surface area contributed by atoms with E-state index in [9.17, 15) is 9.59 Å². The third kappa shape index (κ3) is 3.59. The highest BCUT2D eigenvalue weighted by molar-refractivity contribution is 7.98. The zero-order chi connectivity index (χ0) is 20.8. The first kappa shape index (κ1) is 19.8. The number of Topliss-reactive ketones (excluding diaryl/α,β-unsaturated/α-hetero) is 1. The molecular formula is C22H25N3O3S. The molecule has 152 valence electrons. The van der Waals surface area contributed by atoms with Gasteiger partial charge in [-0.15, -0.1) is 0 Å². The number of aromatic nitrogens is 2. The van der Waals surface area contributed by atoms with E-state index in [2.05, 4.69) is 29.1 Å². The summed E-state index contributed by atoms with van der Waals surface area (Å²) in [6.07, 6.45) is 3.07. The predicted molar refractivity (Wildman–Crippen MR) is 115 cm³/mol. The maximum Gasteiger partial charge on any atom is 0.257 e. The van der Waals surface area contributed by atoms with E-state index in [1.165, 1.54) is 11.8 Å². The van der Waals surface area contributed by atoms with Crippen molar-refractivity contribution >= 4 is 23.4 Å². The summed E-state index contributed by atoms with van der Waals surface area (Å²) in [5, 5.41) is 3.87. The smallest absolute Gasteiger partial charge is 0.257 e. The lowest BCUT2D eigenvalue weighted by Crippen LogP contribution is -2.37. The number of anilines is 1. The lowest BCUT2D eigenvalue weighted by molar-refractivity contribution is -0.118. The number of aromatic amines is 1. The Hall–Kier alpha value is -2.54. The van der Waals surface area contributed by atoms with Gasteiger partial charge in [-0.25, -0.2) is 4.98 Å². The fourth-order valence-corrected chi connectivity index (χ4v) is 4.62. The lowest BCUT2D eigenvalue weighted by atomic mass is 9.69. The number of fused-ring (bicyclic) bond motifs is 1. The summed E-state index contributed by atoms with van der Waals surface area (Å²) >= 11 is 1.38. The minimum atomic E-state index is -0.437. The van der Waals surface area contributed by atoms with E-state index < -0.39 is 5.92 Å². The molecule has 0 amide bonds. The molecule has 1 atom stereocenters. The molecule has 29 heavy (non-hydrogen) atoms. The van der Waals surface area contributed by atoms with Gasteiger partial charge >= 0.3 is 0 Å². The number of H-pyrrole nitrogens is 1. The van der Waals surface area contributed by atoms with Crippen LogP contribution in [0.3, 0.4) is 0 Å². The minimum Gasteiger partial charge on any atom is -0.494 e. The number of hydrogen-bond donors (Lipinski definition) is 2. The molecule has 0 unspecified atom stereocenters. The number of rotatable bonds is 4. The Morgan fingerprint density at radius 3 is 2.59 bits per heavy atom. The van der Waals surface area contributed by atoms with Crippen molar-refractivity contribution in [3.8, 4) is 5.75 Å². The van der Waals surface area contributed by atoms with Crippen molar-refractivity contribution in [1.29, 1.82) is 0 Å².